The summed E-state index contributed by atoms with van der Waals surface area (Å²) >= 11 is 0. The lowest BCUT2D eigenvalue weighted by molar-refractivity contribution is 0.102. The molecule has 2 aromatic rings. The summed E-state index contributed by atoms with van der Waals surface area (Å²) in [7, 11) is 0. The van der Waals surface area contributed by atoms with Crippen LogP contribution < -0.4 is 11.1 Å². The molecule has 17 heavy (non-hydrogen) atoms. The molecule has 88 valence electrons. The predicted molar refractivity (Wildman–Crippen MR) is 57.3 cm³/mol. The molecule has 1 aromatic heterocycles. The number of anilines is 2. The molecular formula is C10H8F2N4O. The lowest BCUT2D eigenvalue weighted by Gasteiger charge is -2.04. The minimum atomic E-state index is -0.856. The Kier molecular flexibility index (Phi) is 2.73. The van der Waals surface area contributed by atoms with Gasteiger partial charge in [0.15, 0.2) is 0 Å². The number of nitrogens with two attached hydrogens (primary N) is 1. The highest BCUT2D eigenvalue weighted by Crippen LogP contribution is 2.15. The molecule has 0 saturated carbocycles. The van der Waals surface area contributed by atoms with E-state index in [2.05, 4.69) is 15.5 Å². The molecule has 1 heterocycles. The number of nitrogen functional groups attached to an aromatic ring is 1. The molecule has 5 nitrogen and oxygen atoms in total. The van der Waals surface area contributed by atoms with Gasteiger partial charge in [-0.1, -0.05) is 0 Å². The van der Waals surface area contributed by atoms with Crippen molar-refractivity contribution < 1.29 is 13.6 Å². The molecule has 7 heteroatoms. The number of carbonyl (C=O) groups is 1. The number of hydrogen-bond acceptors (Lipinski definition) is 3. The van der Waals surface area contributed by atoms with Gasteiger partial charge in [-0.05, 0) is 12.1 Å². The van der Waals surface area contributed by atoms with Crippen LogP contribution in [0.25, 0.3) is 0 Å². The standard InChI is InChI=1S/C10H8F2N4O/c11-5-1-2-7(6(12)3-5)14-10(17)8-4-9(13)16-15-8/h1-4H,(H,14,17)(H3,13,15,16). The number of halogens is 2. The Morgan fingerprint density at radius 2 is 2.12 bits per heavy atom. The highest BCUT2D eigenvalue weighted by Gasteiger charge is 2.11. The lowest BCUT2D eigenvalue weighted by Crippen LogP contribution is -2.13. The monoisotopic (exact) mass is 238 g/mol. The van der Waals surface area contributed by atoms with Crippen molar-refractivity contribution in [2.24, 2.45) is 0 Å². The molecule has 0 radical (unpaired) electrons. The quantitative estimate of drug-likeness (QED) is 0.741. The average Bonchev–Trinajstić information content (AvgIpc) is 2.69. The summed E-state index contributed by atoms with van der Waals surface area (Å²) < 4.78 is 25.9. The number of nitrogens with zero attached hydrogens (tertiary/aromatic N) is 1. The largest absolute Gasteiger partial charge is 0.382 e. The number of benzene rings is 1. The van der Waals surface area contributed by atoms with E-state index in [0.29, 0.717) is 6.07 Å². The van der Waals surface area contributed by atoms with Crippen molar-refractivity contribution in [3.05, 3.63) is 41.6 Å². The zero-order valence-electron chi connectivity index (χ0n) is 8.50. The maximum Gasteiger partial charge on any atom is 0.273 e. The zero-order chi connectivity index (χ0) is 12.4. The smallest absolute Gasteiger partial charge is 0.273 e. The van der Waals surface area contributed by atoms with Crippen LogP contribution in [0.2, 0.25) is 0 Å². The molecule has 1 amide bonds. The van der Waals surface area contributed by atoms with E-state index in [-0.39, 0.29) is 17.2 Å². The van der Waals surface area contributed by atoms with Crippen molar-refractivity contribution in [3.8, 4) is 0 Å². The number of carbonyl (C=O) groups excluding carboxylic acids is 1. The number of nitrogens with one attached hydrogen (secondary N) is 2. The van der Waals surface area contributed by atoms with Gasteiger partial charge in [0.25, 0.3) is 5.91 Å². The SMILES string of the molecule is Nc1cc(C(=O)Nc2ccc(F)cc2F)[nH]n1. The van der Waals surface area contributed by atoms with E-state index in [1.807, 2.05) is 0 Å². The van der Waals surface area contributed by atoms with Gasteiger partial charge in [-0.2, -0.15) is 5.10 Å². The highest BCUT2D eigenvalue weighted by atomic mass is 19.1. The van der Waals surface area contributed by atoms with E-state index in [0.717, 1.165) is 12.1 Å². The average molecular weight is 238 g/mol. The molecule has 1 aromatic carbocycles. The molecule has 0 aliphatic heterocycles. The summed E-state index contributed by atoms with van der Waals surface area (Å²) in [5.41, 5.74) is 5.28. The van der Waals surface area contributed by atoms with Gasteiger partial charge in [-0.3, -0.25) is 9.89 Å². The van der Waals surface area contributed by atoms with Crippen LogP contribution in [-0.2, 0) is 0 Å². The second-order valence-corrected chi connectivity index (χ2v) is 3.28. The van der Waals surface area contributed by atoms with E-state index >= 15 is 0 Å². The van der Waals surface area contributed by atoms with Crippen LogP contribution >= 0.6 is 0 Å². The molecule has 0 spiro atoms. The molecule has 4 N–H and O–H groups in total. The van der Waals surface area contributed by atoms with Gasteiger partial charge in [0.2, 0.25) is 0 Å². The van der Waals surface area contributed by atoms with Crippen LogP contribution in [0.5, 0.6) is 0 Å². The van der Waals surface area contributed by atoms with E-state index in [4.69, 9.17) is 5.73 Å². The minimum absolute atomic E-state index is 0.0891. The molecule has 0 atom stereocenters. The summed E-state index contributed by atoms with van der Waals surface area (Å²) in [5, 5.41) is 8.19. The number of rotatable bonds is 2. The lowest BCUT2D eigenvalue weighted by atomic mass is 10.3. The first-order chi connectivity index (χ1) is 8.06. The van der Waals surface area contributed by atoms with E-state index in [9.17, 15) is 13.6 Å². The number of hydrogen-bond donors (Lipinski definition) is 3. The Balaban J connectivity index is 2.18. The first kappa shape index (κ1) is 11.1. The first-order valence-electron chi connectivity index (χ1n) is 4.63. The number of aromatic nitrogens is 2. The van der Waals surface area contributed by atoms with Crippen molar-refractivity contribution in [1.29, 1.82) is 0 Å². The molecule has 0 fully saturated rings. The molecule has 0 bridgehead atoms. The van der Waals surface area contributed by atoms with Crippen molar-refractivity contribution in [1.82, 2.24) is 10.2 Å². The van der Waals surface area contributed by atoms with Crippen LogP contribution in [-0.4, -0.2) is 16.1 Å². The summed E-state index contributed by atoms with van der Waals surface area (Å²) in [5.74, 6) is -2.04. The van der Waals surface area contributed by atoms with Gasteiger partial charge < -0.3 is 11.1 Å². The minimum Gasteiger partial charge on any atom is -0.382 e. The second kappa shape index (κ2) is 4.20. The highest BCUT2D eigenvalue weighted by molar-refractivity contribution is 6.03. The van der Waals surface area contributed by atoms with E-state index in [1.54, 1.807) is 0 Å². The van der Waals surface area contributed by atoms with Gasteiger partial charge in [0.1, 0.15) is 23.1 Å². The van der Waals surface area contributed by atoms with Crippen LogP contribution in [0, 0.1) is 11.6 Å². The zero-order valence-corrected chi connectivity index (χ0v) is 8.50. The van der Waals surface area contributed by atoms with E-state index < -0.39 is 17.5 Å². The fraction of sp³-hybridized carbons (Fsp3) is 0. The summed E-state index contributed by atoms with van der Waals surface area (Å²) in [6.45, 7) is 0. The van der Waals surface area contributed by atoms with Crippen molar-refractivity contribution >= 4 is 17.4 Å². The van der Waals surface area contributed by atoms with Crippen molar-refractivity contribution in [2.45, 2.75) is 0 Å². The molecular weight excluding hydrogens is 230 g/mol. The van der Waals surface area contributed by atoms with Crippen LogP contribution in [0.15, 0.2) is 24.3 Å². The third-order valence-corrected chi connectivity index (χ3v) is 2.02. The van der Waals surface area contributed by atoms with Gasteiger partial charge in [0, 0.05) is 12.1 Å². The maximum atomic E-state index is 13.2. The second-order valence-electron chi connectivity index (χ2n) is 3.28. The summed E-state index contributed by atoms with van der Waals surface area (Å²) in [6.07, 6.45) is 0. The molecule has 2 rings (SSSR count). The Bertz CT molecular complexity index is 567. The van der Waals surface area contributed by atoms with Gasteiger partial charge >= 0.3 is 0 Å². The fourth-order valence-corrected chi connectivity index (χ4v) is 1.23. The summed E-state index contributed by atoms with van der Waals surface area (Å²) in [6, 6.07) is 4.15. The van der Waals surface area contributed by atoms with Crippen molar-refractivity contribution in [3.63, 3.8) is 0 Å². The fourth-order valence-electron chi connectivity index (χ4n) is 1.23. The number of aromatic amines is 1. The van der Waals surface area contributed by atoms with E-state index in [1.165, 1.54) is 6.07 Å². The third kappa shape index (κ3) is 2.39. The Labute approximate surface area is 94.6 Å². The molecule has 0 saturated heterocycles. The Hall–Kier alpha value is -2.44. The number of H-pyrrole nitrogens is 1. The number of amides is 1. The predicted octanol–water partition coefficient (Wildman–Crippen LogP) is 1.52. The van der Waals surface area contributed by atoms with Crippen LogP contribution in [0.3, 0.4) is 0 Å². The Morgan fingerprint density at radius 1 is 1.35 bits per heavy atom. The topological polar surface area (TPSA) is 83.8 Å². The summed E-state index contributed by atoms with van der Waals surface area (Å²) in [4.78, 5) is 11.6. The normalized spacial score (nSPS) is 10.2. The molecule has 0 aliphatic carbocycles. The third-order valence-electron chi connectivity index (χ3n) is 2.02. The van der Waals surface area contributed by atoms with Crippen molar-refractivity contribution in [2.75, 3.05) is 11.1 Å². The van der Waals surface area contributed by atoms with Crippen LogP contribution in [0.4, 0.5) is 20.3 Å². The Morgan fingerprint density at radius 3 is 2.71 bits per heavy atom. The molecule has 0 aliphatic rings. The first-order valence-corrected chi connectivity index (χ1v) is 4.63. The van der Waals surface area contributed by atoms with Gasteiger partial charge in [-0.25, -0.2) is 8.78 Å². The molecule has 0 unspecified atom stereocenters. The van der Waals surface area contributed by atoms with Crippen LogP contribution in [0.1, 0.15) is 10.5 Å². The maximum absolute atomic E-state index is 13.2. The van der Waals surface area contributed by atoms with Gasteiger partial charge in [-0.15, -0.1) is 0 Å². The van der Waals surface area contributed by atoms with Gasteiger partial charge in [0.05, 0.1) is 5.69 Å².